The molecule has 1 heterocycles. The molecule has 9 nitrogen and oxygen atoms in total. The minimum absolute atomic E-state index is 0.118. The molecule has 11 heteroatoms. The summed E-state index contributed by atoms with van der Waals surface area (Å²) < 4.78 is 61.6. The highest BCUT2D eigenvalue weighted by Crippen LogP contribution is 2.23. The van der Waals surface area contributed by atoms with Gasteiger partial charge in [-0.1, -0.05) is 0 Å². The second-order valence-corrected chi connectivity index (χ2v) is 5.87. The van der Waals surface area contributed by atoms with Gasteiger partial charge in [0.25, 0.3) is 20.2 Å². The summed E-state index contributed by atoms with van der Waals surface area (Å²) in [6.45, 7) is 0. The van der Waals surface area contributed by atoms with Crippen LogP contribution in [0.3, 0.4) is 0 Å². The summed E-state index contributed by atoms with van der Waals surface area (Å²) in [7, 11) is -9.29. The molecule has 0 aliphatic heterocycles. The number of nitrogens with one attached hydrogen (secondary N) is 1. The van der Waals surface area contributed by atoms with Gasteiger partial charge in [0.1, 0.15) is 15.9 Å². The third-order valence-corrected chi connectivity index (χ3v) is 3.63. The Labute approximate surface area is 95.0 Å². The van der Waals surface area contributed by atoms with E-state index in [1.807, 2.05) is 0 Å². The van der Waals surface area contributed by atoms with Gasteiger partial charge < -0.3 is 0 Å². The molecule has 92 valence electrons. The van der Waals surface area contributed by atoms with E-state index in [0.717, 1.165) is 6.07 Å². The highest BCUT2D eigenvalue weighted by molar-refractivity contribution is 7.86. The van der Waals surface area contributed by atoms with E-state index in [1.54, 1.807) is 0 Å². The third kappa shape index (κ3) is 2.12. The van der Waals surface area contributed by atoms with E-state index in [1.165, 1.54) is 0 Å². The molecular weight excluding hydrogens is 274 g/mol. The van der Waals surface area contributed by atoms with E-state index in [0.29, 0.717) is 6.07 Å². The van der Waals surface area contributed by atoms with E-state index in [4.69, 9.17) is 9.11 Å². The molecule has 0 radical (unpaired) electrons. The van der Waals surface area contributed by atoms with Gasteiger partial charge in [-0.2, -0.15) is 32.2 Å². The molecule has 0 atom stereocenters. The number of nitrogens with zero attached hydrogens (tertiary/aromatic N) is 2. The highest BCUT2D eigenvalue weighted by atomic mass is 32.2. The molecule has 17 heavy (non-hydrogen) atoms. The summed E-state index contributed by atoms with van der Waals surface area (Å²) >= 11 is 0. The number of aromatic nitrogens is 3. The monoisotopic (exact) mass is 279 g/mol. The summed E-state index contributed by atoms with van der Waals surface area (Å²) in [5.74, 6) is 0. The number of rotatable bonds is 2. The standard InChI is InChI=1S/C6H5N3O6S2/c10-16(11,12)3-1-4-6(8-9-7-4)5(2-3)17(13,14)15/h1-2H,(H,7,8,9)(H,10,11,12)(H,13,14,15). The maximum absolute atomic E-state index is 11.0. The van der Waals surface area contributed by atoms with E-state index >= 15 is 0 Å². The minimum atomic E-state index is -4.68. The maximum atomic E-state index is 11.0. The number of fused-ring (bicyclic) bond motifs is 1. The number of hydrogen-bond donors (Lipinski definition) is 3. The van der Waals surface area contributed by atoms with Crippen molar-refractivity contribution in [1.29, 1.82) is 0 Å². The molecule has 2 aromatic rings. The fraction of sp³-hybridized carbons (Fsp3) is 0. The number of H-pyrrole nitrogens is 1. The first-order valence-electron chi connectivity index (χ1n) is 3.99. The molecule has 1 aromatic carbocycles. The highest BCUT2D eigenvalue weighted by Gasteiger charge is 2.22. The van der Waals surface area contributed by atoms with Crippen LogP contribution in [0.1, 0.15) is 0 Å². The van der Waals surface area contributed by atoms with Crippen LogP contribution in [0.15, 0.2) is 21.9 Å². The Kier molecular flexibility index (Phi) is 2.43. The van der Waals surface area contributed by atoms with Crippen LogP contribution in [-0.2, 0) is 20.2 Å². The predicted octanol–water partition coefficient (Wildman–Crippen LogP) is -0.549. The molecule has 0 bridgehead atoms. The zero-order valence-electron chi connectivity index (χ0n) is 7.89. The quantitative estimate of drug-likeness (QED) is 0.619. The Bertz CT molecular complexity index is 790. The lowest BCUT2D eigenvalue weighted by Gasteiger charge is -2.01. The lowest BCUT2D eigenvalue weighted by atomic mass is 10.3. The second kappa shape index (κ2) is 3.46. The Balaban J connectivity index is 2.96. The van der Waals surface area contributed by atoms with Gasteiger partial charge in [0.05, 0.1) is 4.90 Å². The van der Waals surface area contributed by atoms with Crippen LogP contribution in [0.25, 0.3) is 11.0 Å². The molecule has 0 saturated carbocycles. The Morgan fingerprint density at radius 1 is 1.00 bits per heavy atom. The van der Waals surface area contributed by atoms with Gasteiger partial charge >= 0.3 is 0 Å². The first-order valence-corrected chi connectivity index (χ1v) is 6.87. The van der Waals surface area contributed by atoms with Crippen molar-refractivity contribution in [3.05, 3.63) is 12.1 Å². The number of hydrogen-bond acceptors (Lipinski definition) is 6. The lowest BCUT2D eigenvalue weighted by Crippen LogP contribution is -2.04. The van der Waals surface area contributed by atoms with Crippen molar-refractivity contribution in [3.63, 3.8) is 0 Å². The van der Waals surface area contributed by atoms with Gasteiger partial charge in [-0.05, 0) is 12.1 Å². The van der Waals surface area contributed by atoms with Crippen LogP contribution in [0, 0.1) is 0 Å². The summed E-state index contributed by atoms with van der Waals surface area (Å²) in [5, 5.41) is 9.01. The molecule has 0 spiro atoms. The second-order valence-electron chi connectivity index (χ2n) is 3.06. The van der Waals surface area contributed by atoms with Gasteiger partial charge in [0.15, 0.2) is 0 Å². The molecule has 0 fully saturated rings. The topological polar surface area (TPSA) is 150 Å². The minimum Gasteiger partial charge on any atom is -0.282 e. The SMILES string of the molecule is O=S(=O)(O)c1cc(S(=O)(=O)O)c2n[nH]nc2c1. The van der Waals surface area contributed by atoms with Gasteiger partial charge in [-0.3, -0.25) is 9.11 Å². The van der Waals surface area contributed by atoms with E-state index in [9.17, 15) is 16.8 Å². The lowest BCUT2D eigenvalue weighted by molar-refractivity contribution is 0.482. The molecule has 0 aliphatic rings. The van der Waals surface area contributed by atoms with E-state index in [2.05, 4.69) is 15.4 Å². The summed E-state index contributed by atoms with van der Waals surface area (Å²) in [5.41, 5.74) is -0.340. The van der Waals surface area contributed by atoms with Crippen molar-refractivity contribution in [2.75, 3.05) is 0 Å². The van der Waals surface area contributed by atoms with Crippen molar-refractivity contribution in [2.45, 2.75) is 9.79 Å². The Hall–Kier alpha value is -1.56. The summed E-state index contributed by atoms with van der Waals surface area (Å²) in [6, 6.07) is 1.51. The average Bonchev–Trinajstić information content (AvgIpc) is 2.59. The van der Waals surface area contributed by atoms with Crippen molar-refractivity contribution in [3.8, 4) is 0 Å². The smallest absolute Gasteiger partial charge is 0.282 e. The molecule has 2 rings (SSSR count). The van der Waals surface area contributed by atoms with Crippen molar-refractivity contribution >= 4 is 31.3 Å². The summed E-state index contributed by atoms with van der Waals surface area (Å²) in [6.07, 6.45) is 0. The number of benzene rings is 1. The zero-order valence-corrected chi connectivity index (χ0v) is 9.53. The van der Waals surface area contributed by atoms with Gasteiger partial charge in [-0.15, -0.1) is 0 Å². The molecular formula is C6H5N3O6S2. The average molecular weight is 279 g/mol. The van der Waals surface area contributed by atoms with Crippen molar-refractivity contribution in [2.24, 2.45) is 0 Å². The van der Waals surface area contributed by atoms with Crippen LogP contribution in [-0.4, -0.2) is 41.4 Å². The van der Waals surface area contributed by atoms with Crippen LogP contribution in [0.5, 0.6) is 0 Å². The van der Waals surface area contributed by atoms with Crippen LogP contribution in [0.4, 0.5) is 0 Å². The van der Waals surface area contributed by atoms with Crippen molar-refractivity contribution < 1.29 is 25.9 Å². The van der Waals surface area contributed by atoms with Gasteiger partial charge in [0.2, 0.25) is 0 Å². The van der Waals surface area contributed by atoms with Gasteiger partial charge in [-0.25, -0.2) is 0 Å². The van der Waals surface area contributed by atoms with Crippen molar-refractivity contribution in [1.82, 2.24) is 15.4 Å². The van der Waals surface area contributed by atoms with Crippen LogP contribution < -0.4 is 0 Å². The normalized spacial score (nSPS) is 13.1. The largest absolute Gasteiger partial charge is 0.296 e. The molecule has 3 N–H and O–H groups in total. The third-order valence-electron chi connectivity index (χ3n) is 1.94. The molecule has 0 aliphatic carbocycles. The molecule has 0 unspecified atom stereocenters. The zero-order chi connectivity index (χ0) is 12.8. The first-order chi connectivity index (χ1) is 7.69. The van der Waals surface area contributed by atoms with Crippen LogP contribution >= 0.6 is 0 Å². The van der Waals surface area contributed by atoms with E-state index in [-0.39, 0.29) is 11.0 Å². The predicted molar refractivity (Wildman–Crippen MR) is 53.5 cm³/mol. The summed E-state index contributed by atoms with van der Waals surface area (Å²) in [4.78, 5) is -1.46. The van der Waals surface area contributed by atoms with Crippen LogP contribution in [0.2, 0.25) is 0 Å². The first kappa shape index (κ1) is 11.9. The fourth-order valence-corrected chi connectivity index (χ4v) is 2.51. The Morgan fingerprint density at radius 3 is 2.18 bits per heavy atom. The van der Waals surface area contributed by atoms with Gasteiger partial charge in [0, 0.05) is 0 Å². The Morgan fingerprint density at radius 2 is 1.65 bits per heavy atom. The number of aromatic amines is 1. The van der Waals surface area contributed by atoms with E-state index < -0.39 is 30.0 Å². The molecule has 0 amide bonds. The fourth-order valence-electron chi connectivity index (χ4n) is 1.24. The molecule has 1 aromatic heterocycles. The maximum Gasteiger partial charge on any atom is 0.296 e. The molecule has 0 saturated heterocycles.